The van der Waals surface area contributed by atoms with Gasteiger partial charge < -0.3 is 4.90 Å². The Hall–Kier alpha value is -1.41. The number of pyridine rings is 1. The molecule has 1 saturated heterocycles. The average molecular weight is 308 g/mol. The van der Waals surface area contributed by atoms with Gasteiger partial charge in [0.15, 0.2) is 0 Å². The molecule has 0 N–H and O–H groups in total. The van der Waals surface area contributed by atoms with Gasteiger partial charge in [0.2, 0.25) is 0 Å². The highest BCUT2D eigenvalue weighted by atomic mass is 79.9. The molecule has 2 rings (SSSR count). The van der Waals surface area contributed by atoms with Crippen LogP contribution in [0.1, 0.15) is 35.3 Å². The topological polar surface area (TPSA) is 57.0 Å². The van der Waals surface area contributed by atoms with Gasteiger partial charge in [0, 0.05) is 24.1 Å². The van der Waals surface area contributed by atoms with Crippen LogP contribution < -0.4 is 0 Å². The Balaban J connectivity index is 2.16. The molecule has 1 atom stereocenters. The maximum absolute atomic E-state index is 12.3. The lowest BCUT2D eigenvalue weighted by molar-refractivity contribution is 0.0636. The van der Waals surface area contributed by atoms with Crippen molar-refractivity contribution in [2.24, 2.45) is 0 Å². The van der Waals surface area contributed by atoms with Crippen molar-refractivity contribution in [3.05, 3.63) is 29.6 Å². The summed E-state index contributed by atoms with van der Waals surface area (Å²) in [6.07, 6.45) is 4.69. The lowest BCUT2D eigenvalue weighted by Gasteiger charge is -2.34. The maximum atomic E-state index is 12.3. The summed E-state index contributed by atoms with van der Waals surface area (Å²) in [5.74, 6) is -0.0383. The van der Waals surface area contributed by atoms with Crippen molar-refractivity contribution in [2.75, 3.05) is 11.9 Å². The lowest BCUT2D eigenvalue weighted by Crippen LogP contribution is -2.44. The van der Waals surface area contributed by atoms with Crippen molar-refractivity contribution in [3.63, 3.8) is 0 Å². The molecule has 1 aliphatic rings. The monoisotopic (exact) mass is 307 g/mol. The zero-order chi connectivity index (χ0) is 13.0. The van der Waals surface area contributed by atoms with E-state index in [9.17, 15) is 4.79 Å². The molecular weight excluding hydrogens is 294 g/mol. The third-order valence-corrected chi connectivity index (χ3v) is 3.93. The van der Waals surface area contributed by atoms with Crippen LogP contribution in [0.4, 0.5) is 0 Å². The Morgan fingerprint density at radius 2 is 2.39 bits per heavy atom. The predicted octanol–water partition coefficient (Wildman–Crippen LogP) is 2.34. The van der Waals surface area contributed by atoms with Gasteiger partial charge >= 0.3 is 0 Å². The van der Waals surface area contributed by atoms with Gasteiger partial charge in [-0.05, 0) is 31.4 Å². The van der Waals surface area contributed by atoms with Crippen molar-refractivity contribution in [3.8, 4) is 6.07 Å². The van der Waals surface area contributed by atoms with E-state index in [0.29, 0.717) is 11.3 Å². The number of hydrogen-bond donors (Lipinski definition) is 0. The van der Waals surface area contributed by atoms with Gasteiger partial charge in [-0.25, -0.2) is 4.98 Å². The molecule has 5 heteroatoms. The summed E-state index contributed by atoms with van der Waals surface area (Å²) in [6.45, 7) is 0.788. The van der Waals surface area contributed by atoms with Gasteiger partial charge in [-0.1, -0.05) is 15.9 Å². The van der Waals surface area contributed by atoms with E-state index in [-0.39, 0.29) is 11.9 Å². The molecule has 4 nitrogen and oxygen atoms in total. The number of nitriles is 1. The van der Waals surface area contributed by atoms with E-state index in [2.05, 4.69) is 20.9 Å². The predicted molar refractivity (Wildman–Crippen MR) is 71.4 cm³/mol. The Labute approximate surface area is 115 Å². The minimum atomic E-state index is -0.0383. The molecule has 0 bridgehead atoms. The Morgan fingerprint density at radius 3 is 3.00 bits per heavy atom. The number of carbonyl (C=O) groups is 1. The van der Waals surface area contributed by atoms with Gasteiger partial charge in [-0.2, -0.15) is 5.26 Å². The van der Waals surface area contributed by atoms with Gasteiger partial charge in [0.1, 0.15) is 11.8 Å². The molecule has 1 aliphatic heterocycles. The molecule has 2 heterocycles. The first-order valence-corrected chi connectivity index (χ1v) is 7.11. The van der Waals surface area contributed by atoms with Crippen molar-refractivity contribution >= 4 is 21.8 Å². The van der Waals surface area contributed by atoms with Crippen molar-refractivity contribution in [2.45, 2.75) is 25.3 Å². The first kappa shape index (κ1) is 13.0. The summed E-state index contributed by atoms with van der Waals surface area (Å²) in [4.78, 5) is 18.3. The second-order valence-corrected chi connectivity index (χ2v) is 4.99. The Bertz CT molecular complexity index is 466. The van der Waals surface area contributed by atoms with E-state index < -0.39 is 0 Å². The summed E-state index contributed by atoms with van der Waals surface area (Å²) in [7, 11) is 0. The normalized spacial score (nSPS) is 19.3. The highest BCUT2D eigenvalue weighted by molar-refractivity contribution is 9.09. The summed E-state index contributed by atoms with van der Waals surface area (Å²) in [5.41, 5.74) is 0.893. The summed E-state index contributed by atoms with van der Waals surface area (Å²) < 4.78 is 0. The largest absolute Gasteiger partial charge is 0.333 e. The molecule has 0 aromatic carbocycles. The van der Waals surface area contributed by atoms with Gasteiger partial charge in [0.25, 0.3) is 5.91 Å². The Kier molecular flexibility index (Phi) is 4.32. The zero-order valence-electron chi connectivity index (χ0n) is 9.97. The minimum absolute atomic E-state index is 0.0383. The van der Waals surface area contributed by atoms with E-state index in [1.54, 1.807) is 12.1 Å². The second-order valence-electron chi connectivity index (χ2n) is 4.35. The van der Waals surface area contributed by atoms with Crippen LogP contribution >= 0.6 is 15.9 Å². The molecule has 0 radical (unpaired) electrons. The maximum Gasteiger partial charge on any atom is 0.272 e. The van der Waals surface area contributed by atoms with Gasteiger partial charge in [-0.15, -0.1) is 0 Å². The number of nitrogens with zero attached hydrogens (tertiary/aromatic N) is 3. The third kappa shape index (κ3) is 2.70. The number of likely N-dealkylation sites (tertiary alicyclic amines) is 1. The number of rotatable bonds is 2. The standard InChI is InChI=1S/C13H14BrN3O/c14-7-11-3-1-2-6-17(11)13(18)12-5-4-10(8-15)9-16-12/h4-5,9,11H,1-3,6-7H2. The van der Waals surface area contributed by atoms with Crippen LogP contribution in [0, 0.1) is 11.3 Å². The van der Waals surface area contributed by atoms with Crippen LogP contribution in [0.3, 0.4) is 0 Å². The van der Waals surface area contributed by atoms with Crippen LogP contribution in [-0.2, 0) is 0 Å². The first-order chi connectivity index (χ1) is 8.76. The van der Waals surface area contributed by atoms with E-state index in [1.807, 2.05) is 11.0 Å². The number of halogens is 1. The summed E-state index contributed by atoms with van der Waals surface area (Å²) >= 11 is 3.46. The molecular formula is C13H14BrN3O. The summed E-state index contributed by atoms with van der Waals surface area (Å²) in [5, 5.41) is 9.50. The molecule has 94 valence electrons. The minimum Gasteiger partial charge on any atom is -0.333 e. The fourth-order valence-electron chi connectivity index (χ4n) is 2.16. The van der Waals surface area contributed by atoms with Crippen LogP contribution in [0.15, 0.2) is 18.3 Å². The molecule has 0 spiro atoms. The van der Waals surface area contributed by atoms with Crippen molar-refractivity contribution in [1.29, 1.82) is 5.26 Å². The third-order valence-electron chi connectivity index (χ3n) is 3.18. The van der Waals surface area contributed by atoms with Crippen molar-refractivity contribution < 1.29 is 4.79 Å². The van der Waals surface area contributed by atoms with Crippen LogP contribution in [0.2, 0.25) is 0 Å². The van der Waals surface area contributed by atoms with Crippen LogP contribution in [0.5, 0.6) is 0 Å². The first-order valence-electron chi connectivity index (χ1n) is 5.99. The molecule has 0 saturated carbocycles. The number of aromatic nitrogens is 1. The quantitative estimate of drug-likeness (QED) is 0.788. The van der Waals surface area contributed by atoms with E-state index in [1.165, 1.54) is 12.6 Å². The number of alkyl halides is 1. The average Bonchev–Trinajstić information content (AvgIpc) is 2.46. The molecule has 1 unspecified atom stereocenters. The molecule has 1 aromatic heterocycles. The number of piperidine rings is 1. The van der Waals surface area contributed by atoms with Gasteiger partial charge in [0.05, 0.1) is 5.56 Å². The fraction of sp³-hybridized carbons (Fsp3) is 0.462. The molecule has 0 aliphatic carbocycles. The van der Waals surface area contributed by atoms with E-state index in [0.717, 1.165) is 24.7 Å². The highest BCUT2D eigenvalue weighted by Gasteiger charge is 2.27. The molecule has 18 heavy (non-hydrogen) atoms. The lowest BCUT2D eigenvalue weighted by atomic mass is 10.0. The fourth-order valence-corrected chi connectivity index (χ4v) is 2.84. The molecule has 1 aromatic rings. The number of amides is 1. The zero-order valence-corrected chi connectivity index (χ0v) is 11.6. The number of hydrogen-bond acceptors (Lipinski definition) is 3. The van der Waals surface area contributed by atoms with Gasteiger partial charge in [-0.3, -0.25) is 4.79 Å². The second kappa shape index (κ2) is 5.96. The molecule has 1 amide bonds. The van der Waals surface area contributed by atoms with Crippen LogP contribution in [-0.4, -0.2) is 33.7 Å². The Morgan fingerprint density at radius 1 is 1.56 bits per heavy atom. The highest BCUT2D eigenvalue weighted by Crippen LogP contribution is 2.20. The van der Waals surface area contributed by atoms with E-state index >= 15 is 0 Å². The van der Waals surface area contributed by atoms with E-state index in [4.69, 9.17) is 5.26 Å². The smallest absolute Gasteiger partial charge is 0.272 e. The summed E-state index contributed by atoms with van der Waals surface area (Å²) in [6, 6.07) is 5.51. The number of carbonyl (C=O) groups excluding carboxylic acids is 1. The molecule has 1 fully saturated rings. The SMILES string of the molecule is N#Cc1ccc(C(=O)N2CCCCC2CBr)nc1. The van der Waals surface area contributed by atoms with Crippen molar-refractivity contribution in [1.82, 2.24) is 9.88 Å². The van der Waals surface area contributed by atoms with Crippen LogP contribution in [0.25, 0.3) is 0 Å².